The lowest BCUT2D eigenvalue weighted by molar-refractivity contribution is -0.126. The molecule has 0 aliphatic heterocycles. The van der Waals surface area contributed by atoms with Crippen molar-refractivity contribution in [3.8, 4) is 0 Å². The third kappa shape index (κ3) is 5.59. The number of carbonyl (C=O) groups is 1. The van der Waals surface area contributed by atoms with Crippen molar-refractivity contribution in [2.75, 3.05) is 20.3 Å². The highest BCUT2D eigenvalue weighted by molar-refractivity contribution is 5.86. The maximum atomic E-state index is 12.0. The molecule has 1 rings (SSSR count). The molecule has 19 heavy (non-hydrogen) atoms. The second-order valence-corrected chi connectivity index (χ2v) is 4.52. The first kappa shape index (κ1) is 17.9. The van der Waals surface area contributed by atoms with Gasteiger partial charge in [-0.15, -0.1) is 12.4 Å². The van der Waals surface area contributed by atoms with Gasteiger partial charge in [-0.1, -0.05) is 30.3 Å². The number of carbonyl (C=O) groups excluding carboxylic acids is 1. The standard InChI is InChI=1S/C14H22N2O2.ClH/c1-14(15,12-8-4-3-5-9-12)13(17)16-10-6-7-11-18-2;/h3-5,8-9H,6-7,10-11,15H2,1-2H3,(H,16,17);1H. The van der Waals surface area contributed by atoms with Gasteiger partial charge in [0.25, 0.3) is 0 Å². The second-order valence-electron chi connectivity index (χ2n) is 4.52. The number of halogens is 1. The lowest BCUT2D eigenvalue weighted by Crippen LogP contribution is -2.49. The molecule has 1 aromatic rings. The van der Waals surface area contributed by atoms with E-state index in [4.69, 9.17) is 10.5 Å². The third-order valence-electron chi connectivity index (χ3n) is 2.91. The van der Waals surface area contributed by atoms with E-state index in [1.165, 1.54) is 0 Å². The Morgan fingerprint density at radius 1 is 1.32 bits per heavy atom. The van der Waals surface area contributed by atoms with Gasteiger partial charge in [0.2, 0.25) is 5.91 Å². The van der Waals surface area contributed by atoms with Crippen molar-refractivity contribution in [1.29, 1.82) is 0 Å². The van der Waals surface area contributed by atoms with E-state index in [-0.39, 0.29) is 18.3 Å². The quantitative estimate of drug-likeness (QED) is 0.752. The molecule has 1 unspecified atom stereocenters. The van der Waals surface area contributed by atoms with Gasteiger partial charge >= 0.3 is 0 Å². The molecule has 4 nitrogen and oxygen atoms in total. The molecule has 3 N–H and O–H groups in total. The summed E-state index contributed by atoms with van der Waals surface area (Å²) in [7, 11) is 1.67. The lowest BCUT2D eigenvalue weighted by Gasteiger charge is -2.24. The average molecular weight is 287 g/mol. The van der Waals surface area contributed by atoms with Gasteiger partial charge in [0.05, 0.1) is 0 Å². The van der Waals surface area contributed by atoms with E-state index < -0.39 is 5.54 Å². The van der Waals surface area contributed by atoms with Gasteiger partial charge in [0.1, 0.15) is 5.54 Å². The fraction of sp³-hybridized carbons (Fsp3) is 0.500. The fourth-order valence-electron chi connectivity index (χ4n) is 1.67. The summed E-state index contributed by atoms with van der Waals surface area (Å²) in [5, 5.41) is 2.86. The Bertz CT molecular complexity index is 369. The number of hydrogen-bond acceptors (Lipinski definition) is 3. The molecule has 1 atom stereocenters. The first-order valence-electron chi connectivity index (χ1n) is 6.20. The van der Waals surface area contributed by atoms with Crippen LogP contribution in [0.15, 0.2) is 30.3 Å². The van der Waals surface area contributed by atoms with Crippen molar-refractivity contribution >= 4 is 18.3 Å². The van der Waals surface area contributed by atoms with E-state index in [9.17, 15) is 4.79 Å². The first-order chi connectivity index (χ1) is 8.59. The minimum Gasteiger partial charge on any atom is -0.385 e. The van der Waals surface area contributed by atoms with Crippen LogP contribution in [0.4, 0.5) is 0 Å². The molecule has 0 aliphatic carbocycles. The van der Waals surface area contributed by atoms with Crippen LogP contribution in [-0.4, -0.2) is 26.2 Å². The molecule has 5 heteroatoms. The average Bonchev–Trinajstić information content (AvgIpc) is 2.39. The highest BCUT2D eigenvalue weighted by Gasteiger charge is 2.29. The molecule has 0 bridgehead atoms. The molecule has 1 amide bonds. The van der Waals surface area contributed by atoms with Crippen LogP contribution >= 0.6 is 12.4 Å². The van der Waals surface area contributed by atoms with Crippen LogP contribution in [0, 0.1) is 0 Å². The van der Waals surface area contributed by atoms with Crippen LogP contribution in [0.1, 0.15) is 25.3 Å². The van der Waals surface area contributed by atoms with Gasteiger partial charge < -0.3 is 15.8 Å². The van der Waals surface area contributed by atoms with Crippen molar-refractivity contribution in [2.24, 2.45) is 5.73 Å². The van der Waals surface area contributed by atoms with E-state index in [0.29, 0.717) is 13.2 Å². The summed E-state index contributed by atoms with van der Waals surface area (Å²) in [6, 6.07) is 9.40. The molecule has 0 aliphatic rings. The summed E-state index contributed by atoms with van der Waals surface area (Å²) >= 11 is 0. The SMILES string of the molecule is COCCCCNC(=O)C(C)(N)c1ccccc1.Cl. The van der Waals surface area contributed by atoms with Crippen molar-refractivity contribution in [1.82, 2.24) is 5.32 Å². The number of hydrogen-bond donors (Lipinski definition) is 2. The topological polar surface area (TPSA) is 64.3 Å². The van der Waals surface area contributed by atoms with Crippen molar-refractivity contribution in [2.45, 2.75) is 25.3 Å². The summed E-state index contributed by atoms with van der Waals surface area (Å²) < 4.78 is 4.95. The molecule has 108 valence electrons. The van der Waals surface area contributed by atoms with Gasteiger partial charge in [-0.3, -0.25) is 4.79 Å². The van der Waals surface area contributed by atoms with Crippen LogP contribution in [0.2, 0.25) is 0 Å². The zero-order valence-electron chi connectivity index (χ0n) is 11.5. The zero-order chi connectivity index (χ0) is 13.4. The summed E-state index contributed by atoms with van der Waals surface area (Å²) in [5.74, 6) is -0.147. The van der Waals surface area contributed by atoms with E-state index in [2.05, 4.69) is 5.32 Å². The van der Waals surface area contributed by atoms with Gasteiger partial charge in [-0.2, -0.15) is 0 Å². The molecule has 0 saturated carbocycles. The van der Waals surface area contributed by atoms with E-state index in [1.54, 1.807) is 14.0 Å². The lowest BCUT2D eigenvalue weighted by atomic mass is 9.92. The van der Waals surface area contributed by atoms with Gasteiger partial charge in [0, 0.05) is 20.3 Å². The molecule has 0 heterocycles. The number of nitrogens with two attached hydrogens (primary N) is 1. The van der Waals surface area contributed by atoms with Crippen molar-refractivity contribution < 1.29 is 9.53 Å². The van der Waals surface area contributed by atoms with E-state index in [1.807, 2.05) is 30.3 Å². The highest BCUT2D eigenvalue weighted by Crippen LogP contribution is 2.17. The summed E-state index contributed by atoms with van der Waals surface area (Å²) in [4.78, 5) is 12.0. The maximum absolute atomic E-state index is 12.0. The van der Waals surface area contributed by atoms with Crippen LogP contribution in [0.25, 0.3) is 0 Å². The number of rotatable bonds is 7. The Balaban J connectivity index is 0.00000324. The molecule has 0 aromatic heterocycles. The third-order valence-corrected chi connectivity index (χ3v) is 2.91. The number of ether oxygens (including phenoxy) is 1. The van der Waals surface area contributed by atoms with Crippen LogP contribution in [-0.2, 0) is 15.1 Å². The number of benzene rings is 1. The Morgan fingerprint density at radius 3 is 2.53 bits per heavy atom. The number of unbranched alkanes of at least 4 members (excludes halogenated alkanes) is 1. The van der Waals surface area contributed by atoms with Gasteiger partial charge in [0.15, 0.2) is 0 Å². The molecular weight excluding hydrogens is 264 g/mol. The van der Waals surface area contributed by atoms with Gasteiger partial charge in [-0.05, 0) is 25.3 Å². The normalized spacial score (nSPS) is 13.2. The first-order valence-corrected chi connectivity index (χ1v) is 6.20. The number of amides is 1. The zero-order valence-corrected chi connectivity index (χ0v) is 12.3. The minimum absolute atomic E-state index is 0. The highest BCUT2D eigenvalue weighted by atomic mass is 35.5. The Labute approximate surface area is 121 Å². The molecule has 1 aromatic carbocycles. The van der Waals surface area contributed by atoms with Crippen molar-refractivity contribution in [3.05, 3.63) is 35.9 Å². The molecule has 0 saturated heterocycles. The summed E-state index contributed by atoms with van der Waals surface area (Å²) in [5.41, 5.74) is 5.92. The summed E-state index contributed by atoms with van der Waals surface area (Å²) in [6.07, 6.45) is 1.83. The molecule has 0 spiro atoms. The summed E-state index contributed by atoms with van der Waals surface area (Å²) in [6.45, 7) is 3.07. The van der Waals surface area contributed by atoms with Crippen molar-refractivity contribution in [3.63, 3.8) is 0 Å². The number of methoxy groups -OCH3 is 1. The Morgan fingerprint density at radius 2 is 1.95 bits per heavy atom. The largest absolute Gasteiger partial charge is 0.385 e. The molecule has 0 fully saturated rings. The number of nitrogens with one attached hydrogen (secondary N) is 1. The maximum Gasteiger partial charge on any atom is 0.244 e. The van der Waals surface area contributed by atoms with Crippen LogP contribution < -0.4 is 11.1 Å². The predicted octanol–water partition coefficient (Wildman–Crippen LogP) is 1.83. The second kappa shape index (κ2) is 8.91. The van der Waals surface area contributed by atoms with E-state index >= 15 is 0 Å². The van der Waals surface area contributed by atoms with Crippen LogP contribution in [0.3, 0.4) is 0 Å². The Kier molecular flexibility index (Phi) is 8.39. The predicted molar refractivity (Wildman–Crippen MR) is 79.3 cm³/mol. The van der Waals surface area contributed by atoms with Gasteiger partial charge in [-0.25, -0.2) is 0 Å². The van der Waals surface area contributed by atoms with E-state index in [0.717, 1.165) is 18.4 Å². The minimum atomic E-state index is -0.984. The van der Waals surface area contributed by atoms with Crippen LogP contribution in [0.5, 0.6) is 0 Å². The Hall–Kier alpha value is -1.10. The monoisotopic (exact) mass is 286 g/mol. The fourth-order valence-corrected chi connectivity index (χ4v) is 1.67. The smallest absolute Gasteiger partial charge is 0.244 e. The molecular formula is C14H23ClN2O2. The molecule has 0 radical (unpaired) electrons.